The standard InChI is InChI=1S/C15H17N5O2S/c16-15(23)19-18-10-12-2-3-13(22-12)11-1-4-14(17-9-11)20-5-7-21-8-6-20/h1-4,9-10H,5-8H2,(H3,16,19,23). The van der Waals surface area contributed by atoms with E-state index in [1.807, 2.05) is 24.3 Å². The number of pyridine rings is 1. The zero-order chi connectivity index (χ0) is 16.1. The topological polar surface area (TPSA) is 88.9 Å². The maximum absolute atomic E-state index is 5.69. The summed E-state index contributed by atoms with van der Waals surface area (Å²) in [6.45, 7) is 3.21. The number of hydrogen-bond acceptors (Lipinski definition) is 6. The minimum atomic E-state index is 0.107. The molecule has 0 aromatic carbocycles. The van der Waals surface area contributed by atoms with Crippen molar-refractivity contribution in [1.82, 2.24) is 10.4 Å². The van der Waals surface area contributed by atoms with Gasteiger partial charge in [-0.3, -0.25) is 5.43 Å². The van der Waals surface area contributed by atoms with E-state index in [4.69, 9.17) is 14.9 Å². The summed E-state index contributed by atoms with van der Waals surface area (Å²) in [6.07, 6.45) is 3.32. The van der Waals surface area contributed by atoms with Gasteiger partial charge in [0.05, 0.1) is 19.4 Å². The number of anilines is 1. The number of ether oxygens (including phenoxy) is 1. The fraction of sp³-hybridized carbons (Fsp3) is 0.267. The van der Waals surface area contributed by atoms with Crippen LogP contribution in [0.5, 0.6) is 0 Å². The number of nitrogens with two attached hydrogens (primary N) is 1. The second-order valence-electron chi connectivity index (χ2n) is 4.94. The van der Waals surface area contributed by atoms with Gasteiger partial charge < -0.3 is 19.8 Å². The van der Waals surface area contributed by atoms with E-state index in [0.717, 1.165) is 43.4 Å². The number of rotatable bonds is 4. The van der Waals surface area contributed by atoms with Gasteiger partial charge in [-0.25, -0.2) is 4.98 Å². The molecule has 0 aliphatic carbocycles. The van der Waals surface area contributed by atoms with Crippen molar-refractivity contribution < 1.29 is 9.15 Å². The summed E-state index contributed by atoms with van der Waals surface area (Å²) < 4.78 is 11.0. The van der Waals surface area contributed by atoms with Crippen LogP contribution in [0.2, 0.25) is 0 Å². The summed E-state index contributed by atoms with van der Waals surface area (Å²) in [6, 6.07) is 7.67. The van der Waals surface area contributed by atoms with Gasteiger partial charge in [0.25, 0.3) is 0 Å². The van der Waals surface area contributed by atoms with Crippen LogP contribution >= 0.6 is 12.2 Å². The lowest BCUT2D eigenvalue weighted by Crippen LogP contribution is -2.36. The number of nitrogens with one attached hydrogen (secondary N) is 1. The number of furan rings is 1. The first-order valence-corrected chi connectivity index (χ1v) is 7.61. The summed E-state index contributed by atoms with van der Waals surface area (Å²) in [5.74, 6) is 2.27. The molecule has 120 valence electrons. The van der Waals surface area contributed by atoms with Gasteiger partial charge in [0.1, 0.15) is 17.3 Å². The average Bonchev–Trinajstić information content (AvgIpc) is 3.04. The Bertz CT molecular complexity index is 692. The van der Waals surface area contributed by atoms with Crippen LogP contribution in [0, 0.1) is 0 Å². The fourth-order valence-electron chi connectivity index (χ4n) is 2.25. The van der Waals surface area contributed by atoms with Crippen LogP contribution in [0.15, 0.2) is 40.0 Å². The predicted molar refractivity (Wildman–Crippen MR) is 92.5 cm³/mol. The molecule has 8 heteroatoms. The molecule has 2 aromatic rings. The number of hydrazone groups is 1. The van der Waals surface area contributed by atoms with Crippen LogP contribution in [-0.4, -0.2) is 42.6 Å². The molecule has 0 spiro atoms. The van der Waals surface area contributed by atoms with Crippen molar-refractivity contribution in [3.05, 3.63) is 36.2 Å². The molecule has 2 aromatic heterocycles. The Morgan fingerprint density at radius 3 is 2.83 bits per heavy atom. The minimum Gasteiger partial charge on any atom is -0.455 e. The van der Waals surface area contributed by atoms with Gasteiger partial charge in [-0.1, -0.05) is 0 Å². The molecule has 0 saturated carbocycles. The van der Waals surface area contributed by atoms with E-state index in [9.17, 15) is 0 Å². The highest BCUT2D eigenvalue weighted by atomic mass is 32.1. The zero-order valence-electron chi connectivity index (χ0n) is 12.4. The molecule has 0 unspecified atom stereocenters. The molecule has 0 amide bonds. The van der Waals surface area contributed by atoms with Crippen LogP contribution in [-0.2, 0) is 4.74 Å². The van der Waals surface area contributed by atoms with Crippen LogP contribution in [0.1, 0.15) is 5.76 Å². The Balaban J connectivity index is 1.68. The molecule has 1 aliphatic heterocycles. The van der Waals surface area contributed by atoms with Crippen molar-refractivity contribution in [1.29, 1.82) is 0 Å². The quantitative estimate of drug-likeness (QED) is 0.496. The van der Waals surface area contributed by atoms with E-state index in [-0.39, 0.29) is 5.11 Å². The van der Waals surface area contributed by atoms with Gasteiger partial charge in [0, 0.05) is 24.8 Å². The highest BCUT2D eigenvalue weighted by Crippen LogP contribution is 2.23. The molecule has 0 bridgehead atoms. The lowest BCUT2D eigenvalue weighted by molar-refractivity contribution is 0.122. The molecule has 0 radical (unpaired) electrons. The number of aromatic nitrogens is 1. The van der Waals surface area contributed by atoms with Gasteiger partial charge in [-0.2, -0.15) is 5.10 Å². The largest absolute Gasteiger partial charge is 0.455 e. The number of nitrogens with zero attached hydrogens (tertiary/aromatic N) is 3. The smallest absolute Gasteiger partial charge is 0.184 e. The molecule has 3 N–H and O–H groups in total. The summed E-state index contributed by atoms with van der Waals surface area (Å²) >= 11 is 4.66. The molecule has 0 atom stereocenters. The van der Waals surface area contributed by atoms with Crippen molar-refractivity contribution in [2.24, 2.45) is 10.8 Å². The molecule has 1 aliphatic rings. The molecule has 3 heterocycles. The zero-order valence-corrected chi connectivity index (χ0v) is 13.3. The maximum atomic E-state index is 5.69. The summed E-state index contributed by atoms with van der Waals surface area (Å²) in [7, 11) is 0. The van der Waals surface area contributed by atoms with Crippen molar-refractivity contribution >= 4 is 29.4 Å². The number of thiocarbonyl (C=S) groups is 1. The molecule has 23 heavy (non-hydrogen) atoms. The predicted octanol–water partition coefficient (Wildman–Crippen LogP) is 1.35. The first kappa shape index (κ1) is 15.4. The Hall–Kier alpha value is -2.45. The SMILES string of the molecule is NC(=S)NN=Cc1ccc(-c2ccc(N3CCOCC3)nc2)o1. The van der Waals surface area contributed by atoms with Crippen LogP contribution < -0.4 is 16.1 Å². The van der Waals surface area contributed by atoms with Crippen LogP contribution in [0.3, 0.4) is 0 Å². The van der Waals surface area contributed by atoms with Gasteiger partial charge in [0.15, 0.2) is 5.11 Å². The Morgan fingerprint density at radius 2 is 2.13 bits per heavy atom. The van der Waals surface area contributed by atoms with Gasteiger partial charge >= 0.3 is 0 Å². The van der Waals surface area contributed by atoms with Crippen molar-refractivity contribution in [2.75, 3.05) is 31.2 Å². The first-order valence-electron chi connectivity index (χ1n) is 7.20. The maximum Gasteiger partial charge on any atom is 0.184 e. The summed E-state index contributed by atoms with van der Waals surface area (Å²) in [4.78, 5) is 6.71. The molecule has 1 saturated heterocycles. The molecule has 3 rings (SSSR count). The van der Waals surface area contributed by atoms with E-state index in [1.165, 1.54) is 6.21 Å². The van der Waals surface area contributed by atoms with E-state index in [2.05, 4.69) is 32.6 Å². The normalized spacial score (nSPS) is 15.0. The second-order valence-corrected chi connectivity index (χ2v) is 5.38. The summed E-state index contributed by atoms with van der Waals surface area (Å²) in [5, 5.41) is 3.96. The van der Waals surface area contributed by atoms with E-state index in [0.29, 0.717) is 5.76 Å². The Kier molecular flexibility index (Phi) is 4.84. The lowest BCUT2D eigenvalue weighted by Gasteiger charge is -2.27. The van der Waals surface area contributed by atoms with Crippen molar-refractivity contribution in [2.45, 2.75) is 0 Å². The Labute approximate surface area is 139 Å². The minimum absolute atomic E-state index is 0.107. The molecular weight excluding hydrogens is 314 g/mol. The van der Waals surface area contributed by atoms with E-state index in [1.54, 1.807) is 6.20 Å². The van der Waals surface area contributed by atoms with Gasteiger partial charge in [-0.15, -0.1) is 0 Å². The molecular formula is C15H17N5O2S. The third-order valence-electron chi connectivity index (χ3n) is 3.36. The van der Waals surface area contributed by atoms with Crippen molar-refractivity contribution in [3.63, 3.8) is 0 Å². The monoisotopic (exact) mass is 331 g/mol. The van der Waals surface area contributed by atoms with Gasteiger partial charge in [-0.05, 0) is 36.5 Å². The van der Waals surface area contributed by atoms with E-state index >= 15 is 0 Å². The Morgan fingerprint density at radius 1 is 1.30 bits per heavy atom. The average molecular weight is 331 g/mol. The highest BCUT2D eigenvalue weighted by molar-refractivity contribution is 7.80. The fourth-order valence-corrected chi connectivity index (χ4v) is 2.30. The van der Waals surface area contributed by atoms with E-state index < -0.39 is 0 Å². The third kappa shape index (κ3) is 4.05. The molecule has 1 fully saturated rings. The number of hydrogen-bond donors (Lipinski definition) is 2. The summed E-state index contributed by atoms with van der Waals surface area (Å²) in [5.41, 5.74) is 8.67. The highest BCUT2D eigenvalue weighted by Gasteiger charge is 2.12. The van der Waals surface area contributed by atoms with Crippen LogP contribution in [0.4, 0.5) is 5.82 Å². The van der Waals surface area contributed by atoms with Gasteiger partial charge in [0.2, 0.25) is 0 Å². The first-order chi connectivity index (χ1) is 11.2. The molecule has 7 nitrogen and oxygen atoms in total. The number of morpholine rings is 1. The second kappa shape index (κ2) is 7.21. The van der Waals surface area contributed by atoms with Crippen LogP contribution in [0.25, 0.3) is 11.3 Å². The third-order valence-corrected chi connectivity index (χ3v) is 3.45. The van der Waals surface area contributed by atoms with Crippen molar-refractivity contribution in [3.8, 4) is 11.3 Å². The lowest BCUT2D eigenvalue weighted by atomic mass is 10.2.